The minimum absolute atomic E-state index is 0.0980. The molecule has 1 amide bonds. The Labute approximate surface area is 163 Å². The molecule has 0 saturated heterocycles. The van der Waals surface area contributed by atoms with Gasteiger partial charge in [0.15, 0.2) is 0 Å². The molecule has 6 heteroatoms. The van der Waals surface area contributed by atoms with Gasteiger partial charge in [-0.05, 0) is 57.1 Å². The summed E-state index contributed by atoms with van der Waals surface area (Å²) in [6.07, 6.45) is 8.49. The second-order valence-electron chi connectivity index (χ2n) is 7.45. The van der Waals surface area contributed by atoms with Crippen LogP contribution < -0.4 is 10.0 Å². The molecule has 2 rings (SSSR count). The molecule has 2 N–H and O–H groups in total. The van der Waals surface area contributed by atoms with Crippen molar-refractivity contribution >= 4 is 15.9 Å². The third-order valence-corrected chi connectivity index (χ3v) is 6.70. The van der Waals surface area contributed by atoms with Gasteiger partial charge in [-0.1, -0.05) is 49.6 Å². The van der Waals surface area contributed by atoms with E-state index >= 15 is 0 Å². The third-order valence-electron chi connectivity index (χ3n) is 5.24. The van der Waals surface area contributed by atoms with Gasteiger partial charge >= 0.3 is 0 Å². The number of nitrogens with one attached hydrogen (secondary N) is 2. The van der Waals surface area contributed by atoms with Crippen LogP contribution in [0.4, 0.5) is 0 Å². The highest BCUT2D eigenvalue weighted by molar-refractivity contribution is 7.89. The first-order valence-corrected chi connectivity index (χ1v) is 11.4. The normalized spacial score (nSPS) is 17.1. The van der Waals surface area contributed by atoms with E-state index in [1.807, 2.05) is 20.8 Å². The highest BCUT2D eigenvalue weighted by Crippen LogP contribution is 2.19. The molecule has 0 saturated carbocycles. The van der Waals surface area contributed by atoms with Crippen LogP contribution in [0.5, 0.6) is 0 Å². The van der Waals surface area contributed by atoms with Gasteiger partial charge in [-0.15, -0.1) is 0 Å². The Morgan fingerprint density at radius 2 is 1.89 bits per heavy atom. The van der Waals surface area contributed by atoms with Crippen LogP contribution in [-0.4, -0.2) is 26.9 Å². The third kappa shape index (κ3) is 6.47. The number of hydrogen-bond donors (Lipinski definition) is 2. The Hall–Kier alpha value is -1.66. The Kier molecular flexibility index (Phi) is 8.05. The molecule has 0 fully saturated rings. The Morgan fingerprint density at radius 3 is 2.48 bits per heavy atom. The highest BCUT2D eigenvalue weighted by Gasteiger charge is 2.29. The summed E-state index contributed by atoms with van der Waals surface area (Å²) in [6.45, 7) is 6.30. The fraction of sp³-hybridized carbons (Fsp3) is 0.571. The van der Waals surface area contributed by atoms with Crippen LogP contribution in [0, 0.1) is 12.8 Å². The van der Waals surface area contributed by atoms with E-state index in [2.05, 4.69) is 16.1 Å². The molecule has 150 valence electrons. The number of aryl methyl sites for hydroxylation is 1. The fourth-order valence-electron chi connectivity index (χ4n) is 3.20. The van der Waals surface area contributed by atoms with E-state index < -0.39 is 16.1 Å². The maximum Gasteiger partial charge on any atom is 0.241 e. The Balaban J connectivity index is 2.01. The van der Waals surface area contributed by atoms with Gasteiger partial charge in [0.05, 0.1) is 4.90 Å². The smallest absolute Gasteiger partial charge is 0.241 e. The maximum absolute atomic E-state index is 12.7. The number of rotatable bonds is 9. The molecule has 2 unspecified atom stereocenters. The Morgan fingerprint density at radius 1 is 1.19 bits per heavy atom. The molecule has 0 aliphatic heterocycles. The lowest BCUT2D eigenvalue weighted by Crippen LogP contribution is -2.50. The van der Waals surface area contributed by atoms with Gasteiger partial charge in [0.25, 0.3) is 0 Å². The monoisotopic (exact) mass is 392 g/mol. The zero-order valence-electron chi connectivity index (χ0n) is 16.6. The molecule has 27 heavy (non-hydrogen) atoms. The average Bonchev–Trinajstić information content (AvgIpc) is 2.66. The van der Waals surface area contributed by atoms with Crippen LogP contribution in [0.15, 0.2) is 40.8 Å². The lowest BCUT2D eigenvalue weighted by molar-refractivity contribution is -0.123. The van der Waals surface area contributed by atoms with Crippen LogP contribution in [0.1, 0.15) is 57.9 Å². The number of carbonyl (C=O) groups excluding carboxylic acids is 1. The van der Waals surface area contributed by atoms with Crippen LogP contribution >= 0.6 is 0 Å². The first kappa shape index (κ1) is 21.6. The SMILES string of the molecule is CCC(C)C(NS(=O)(=O)c1ccc(C)cc1)C(=O)NCCC1=CCCCC1. The van der Waals surface area contributed by atoms with E-state index in [1.165, 1.54) is 18.4 Å². The van der Waals surface area contributed by atoms with E-state index in [0.717, 1.165) is 24.8 Å². The van der Waals surface area contributed by atoms with Crippen molar-refractivity contribution in [1.82, 2.24) is 10.0 Å². The van der Waals surface area contributed by atoms with E-state index in [9.17, 15) is 13.2 Å². The molecule has 0 radical (unpaired) electrons. The minimum Gasteiger partial charge on any atom is -0.354 e. The molecule has 1 aliphatic carbocycles. The summed E-state index contributed by atoms with van der Waals surface area (Å²) in [5, 5.41) is 2.92. The second-order valence-corrected chi connectivity index (χ2v) is 9.16. The lowest BCUT2D eigenvalue weighted by Gasteiger charge is -2.24. The van der Waals surface area contributed by atoms with E-state index in [4.69, 9.17) is 0 Å². The zero-order valence-corrected chi connectivity index (χ0v) is 17.4. The standard InChI is InChI=1S/C21H32N2O3S/c1-4-17(3)20(21(24)22-15-14-18-8-6-5-7-9-18)23-27(25,26)19-12-10-16(2)11-13-19/h8,10-13,17,20,23H,4-7,9,14-15H2,1-3H3,(H,22,24). The Bertz CT molecular complexity index is 754. The molecule has 5 nitrogen and oxygen atoms in total. The molecule has 0 aromatic heterocycles. The van der Waals surface area contributed by atoms with Crippen molar-refractivity contribution < 1.29 is 13.2 Å². The largest absolute Gasteiger partial charge is 0.354 e. The molecular weight excluding hydrogens is 360 g/mol. The maximum atomic E-state index is 12.7. The number of amides is 1. The first-order chi connectivity index (χ1) is 12.8. The summed E-state index contributed by atoms with van der Waals surface area (Å²) in [5.41, 5.74) is 2.38. The molecule has 2 atom stereocenters. The van der Waals surface area contributed by atoms with Crippen molar-refractivity contribution in [3.63, 3.8) is 0 Å². The summed E-state index contributed by atoms with van der Waals surface area (Å²) in [6, 6.07) is 5.87. The average molecular weight is 393 g/mol. The van der Waals surface area contributed by atoms with Gasteiger partial charge < -0.3 is 5.32 Å². The summed E-state index contributed by atoms with van der Waals surface area (Å²) in [4.78, 5) is 12.9. The summed E-state index contributed by atoms with van der Waals surface area (Å²) >= 11 is 0. The summed E-state index contributed by atoms with van der Waals surface area (Å²) in [5.74, 6) is -0.351. The molecule has 1 aromatic rings. The lowest BCUT2D eigenvalue weighted by atomic mass is 9.97. The van der Waals surface area contributed by atoms with Crippen LogP contribution in [0.2, 0.25) is 0 Å². The molecule has 0 spiro atoms. The first-order valence-electron chi connectivity index (χ1n) is 9.88. The number of allylic oxidation sites excluding steroid dienone is 1. The van der Waals surface area contributed by atoms with Gasteiger partial charge in [-0.2, -0.15) is 4.72 Å². The van der Waals surface area contributed by atoms with Gasteiger partial charge in [-0.3, -0.25) is 4.79 Å². The van der Waals surface area contributed by atoms with E-state index in [0.29, 0.717) is 13.0 Å². The molecule has 0 heterocycles. The van der Waals surface area contributed by atoms with Gasteiger partial charge in [0, 0.05) is 6.54 Å². The number of carbonyl (C=O) groups is 1. The van der Waals surface area contributed by atoms with Crippen LogP contribution in [-0.2, 0) is 14.8 Å². The highest BCUT2D eigenvalue weighted by atomic mass is 32.2. The van der Waals surface area contributed by atoms with Gasteiger partial charge in [0.2, 0.25) is 15.9 Å². The fourth-order valence-corrected chi connectivity index (χ4v) is 4.51. The van der Waals surface area contributed by atoms with Crippen molar-refractivity contribution in [3.05, 3.63) is 41.5 Å². The van der Waals surface area contributed by atoms with Crippen LogP contribution in [0.25, 0.3) is 0 Å². The molecule has 0 bridgehead atoms. The van der Waals surface area contributed by atoms with Crippen molar-refractivity contribution in [3.8, 4) is 0 Å². The van der Waals surface area contributed by atoms with Crippen molar-refractivity contribution in [2.24, 2.45) is 5.92 Å². The van der Waals surface area contributed by atoms with Crippen LogP contribution in [0.3, 0.4) is 0 Å². The number of sulfonamides is 1. The van der Waals surface area contributed by atoms with Crippen molar-refractivity contribution in [2.45, 2.75) is 70.2 Å². The number of hydrogen-bond acceptors (Lipinski definition) is 3. The predicted octanol–water partition coefficient (Wildman–Crippen LogP) is 3.69. The molecule has 1 aliphatic rings. The zero-order chi connectivity index (χ0) is 19.9. The second kappa shape index (κ2) is 10.0. The van der Waals surface area contributed by atoms with Crippen molar-refractivity contribution in [2.75, 3.05) is 6.54 Å². The van der Waals surface area contributed by atoms with E-state index in [-0.39, 0.29) is 16.7 Å². The van der Waals surface area contributed by atoms with Gasteiger partial charge in [-0.25, -0.2) is 8.42 Å². The molecular formula is C21H32N2O3S. The summed E-state index contributed by atoms with van der Waals surface area (Å²) < 4.78 is 28.0. The van der Waals surface area contributed by atoms with E-state index in [1.54, 1.807) is 24.3 Å². The van der Waals surface area contributed by atoms with Crippen molar-refractivity contribution in [1.29, 1.82) is 0 Å². The summed E-state index contributed by atoms with van der Waals surface area (Å²) in [7, 11) is -3.74. The quantitative estimate of drug-likeness (QED) is 0.629. The molecule has 1 aromatic carbocycles. The van der Waals surface area contributed by atoms with Gasteiger partial charge in [0.1, 0.15) is 6.04 Å². The minimum atomic E-state index is -3.74. The number of benzene rings is 1. The predicted molar refractivity (Wildman–Crippen MR) is 109 cm³/mol. The topological polar surface area (TPSA) is 75.3 Å².